The third-order valence-corrected chi connectivity index (χ3v) is 5.90. The Hall–Kier alpha value is -0.620. The minimum atomic E-state index is -3.41. The summed E-state index contributed by atoms with van der Waals surface area (Å²) >= 11 is 0. The molecule has 0 radical (unpaired) electrons. The zero-order chi connectivity index (χ0) is 12.6. The topological polar surface area (TPSA) is 74.7 Å². The van der Waals surface area contributed by atoms with Crippen LogP contribution in [-0.2, 0) is 14.8 Å². The van der Waals surface area contributed by atoms with Crippen LogP contribution in [0.1, 0.15) is 39.0 Å². The molecular weight excluding hydrogens is 242 g/mol. The van der Waals surface area contributed by atoms with Crippen molar-refractivity contribution in [3.63, 3.8) is 0 Å². The van der Waals surface area contributed by atoms with E-state index in [0.717, 1.165) is 25.7 Å². The fourth-order valence-corrected chi connectivity index (χ4v) is 4.73. The lowest BCUT2D eigenvalue weighted by atomic mass is 9.85. The van der Waals surface area contributed by atoms with Crippen LogP contribution in [0.3, 0.4) is 0 Å². The fourth-order valence-electron chi connectivity index (χ4n) is 3.18. The molecule has 1 heterocycles. The summed E-state index contributed by atoms with van der Waals surface area (Å²) < 4.78 is 25.4. The van der Waals surface area contributed by atoms with Gasteiger partial charge in [-0.2, -0.15) is 4.31 Å². The molecule has 0 amide bonds. The van der Waals surface area contributed by atoms with Crippen molar-refractivity contribution >= 4 is 16.0 Å². The lowest BCUT2D eigenvalue weighted by Gasteiger charge is -2.31. The molecule has 1 saturated carbocycles. The molecule has 98 valence electrons. The van der Waals surface area contributed by atoms with Crippen LogP contribution in [0.4, 0.5) is 0 Å². The molecule has 1 aliphatic heterocycles. The minimum Gasteiger partial charge on any atom is -0.480 e. The van der Waals surface area contributed by atoms with Gasteiger partial charge in [0.25, 0.3) is 0 Å². The molecule has 2 aliphatic rings. The molecular formula is C11H19NO4S. The Kier molecular flexibility index (Phi) is 3.45. The number of nitrogens with zero attached hydrogens (tertiary/aromatic N) is 1. The van der Waals surface area contributed by atoms with E-state index in [4.69, 9.17) is 0 Å². The summed E-state index contributed by atoms with van der Waals surface area (Å²) in [6.07, 6.45) is 4.36. The zero-order valence-corrected chi connectivity index (χ0v) is 10.8. The lowest BCUT2D eigenvalue weighted by molar-refractivity contribution is -0.140. The zero-order valence-electron chi connectivity index (χ0n) is 10.0. The number of carbonyl (C=O) groups is 1. The first-order valence-corrected chi connectivity index (χ1v) is 7.82. The summed E-state index contributed by atoms with van der Waals surface area (Å²) in [5, 5.41) is 9.18. The highest BCUT2D eigenvalue weighted by molar-refractivity contribution is 7.89. The fraction of sp³-hybridized carbons (Fsp3) is 0.909. The molecule has 2 fully saturated rings. The van der Waals surface area contributed by atoms with Crippen LogP contribution in [0.15, 0.2) is 0 Å². The number of fused-ring (bicyclic) bond motifs is 1. The van der Waals surface area contributed by atoms with Crippen LogP contribution in [0.5, 0.6) is 0 Å². The van der Waals surface area contributed by atoms with E-state index < -0.39 is 22.0 Å². The van der Waals surface area contributed by atoms with Gasteiger partial charge >= 0.3 is 5.97 Å². The van der Waals surface area contributed by atoms with E-state index in [1.54, 1.807) is 6.92 Å². The third-order valence-electron chi connectivity index (χ3n) is 4.00. The Morgan fingerprint density at radius 3 is 2.59 bits per heavy atom. The molecule has 17 heavy (non-hydrogen) atoms. The predicted molar refractivity (Wildman–Crippen MR) is 63.1 cm³/mol. The molecule has 3 atom stereocenters. The van der Waals surface area contributed by atoms with Crippen LogP contribution < -0.4 is 0 Å². The third kappa shape index (κ3) is 2.20. The molecule has 0 bridgehead atoms. The first-order valence-electron chi connectivity index (χ1n) is 6.21. The van der Waals surface area contributed by atoms with E-state index >= 15 is 0 Å². The molecule has 5 nitrogen and oxygen atoms in total. The van der Waals surface area contributed by atoms with E-state index in [1.165, 1.54) is 4.31 Å². The van der Waals surface area contributed by atoms with E-state index in [0.29, 0.717) is 6.42 Å². The monoisotopic (exact) mass is 261 g/mol. The Morgan fingerprint density at radius 1 is 1.35 bits per heavy atom. The minimum absolute atomic E-state index is 0.0139. The smallest absolute Gasteiger partial charge is 0.322 e. The van der Waals surface area contributed by atoms with Crippen molar-refractivity contribution in [1.29, 1.82) is 0 Å². The van der Waals surface area contributed by atoms with Crippen molar-refractivity contribution in [3.8, 4) is 0 Å². The average molecular weight is 261 g/mol. The second kappa shape index (κ2) is 4.57. The van der Waals surface area contributed by atoms with E-state index in [9.17, 15) is 18.3 Å². The van der Waals surface area contributed by atoms with Crippen LogP contribution in [-0.4, -0.2) is 41.6 Å². The van der Waals surface area contributed by atoms with Gasteiger partial charge in [0.2, 0.25) is 10.0 Å². The summed E-state index contributed by atoms with van der Waals surface area (Å²) in [6, 6.07) is -0.914. The Morgan fingerprint density at radius 2 is 2.00 bits per heavy atom. The van der Waals surface area contributed by atoms with Gasteiger partial charge in [-0.3, -0.25) is 4.79 Å². The molecule has 1 saturated heterocycles. The molecule has 0 spiro atoms. The number of sulfonamides is 1. The summed E-state index contributed by atoms with van der Waals surface area (Å²) in [7, 11) is -3.41. The highest BCUT2D eigenvalue weighted by Crippen LogP contribution is 2.41. The van der Waals surface area contributed by atoms with Gasteiger partial charge in [0, 0.05) is 6.04 Å². The molecule has 0 aromatic rings. The maximum absolute atomic E-state index is 12.0. The van der Waals surface area contributed by atoms with Crippen LogP contribution >= 0.6 is 0 Å². The van der Waals surface area contributed by atoms with Gasteiger partial charge in [0.1, 0.15) is 6.04 Å². The van der Waals surface area contributed by atoms with E-state index in [2.05, 4.69) is 0 Å². The summed E-state index contributed by atoms with van der Waals surface area (Å²) in [6.45, 7) is 1.57. The normalized spacial score (nSPS) is 34.5. The van der Waals surface area contributed by atoms with Crippen molar-refractivity contribution in [3.05, 3.63) is 0 Å². The second-order valence-electron chi connectivity index (χ2n) is 4.93. The quantitative estimate of drug-likeness (QED) is 0.824. The first kappa shape index (κ1) is 12.8. The molecule has 1 N–H and O–H groups in total. The molecule has 2 rings (SSSR count). The van der Waals surface area contributed by atoms with Gasteiger partial charge in [-0.25, -0.2) is 8.42 Å². The van der Waals surface area contributed by atoms with E-state index in [-0.39, 0.29) is 17.7 Å². The number of aliphatic carboxylic acids is 1. The Bertz CT molecular complexity index is 406. The van der Waals surface area contributed by atoms with Crippen LogP contribution in [0.2, 0.25) is 0 Å². The lowest BCUT2D eigenvalue weighted by Crippen LogP contribution is -2.46. The SMILES string of the molecule is CCS(=O)(=O)N1C(C(=O)O)CC2CCCCC21. The average Bonchev–Trinajstić information content (AvgIpc) is 2.69. The van der Waals surface area contributed by atoms with Crippen molar-refractivity contribution in [2.45, 2.75) is 51.1 Å². The van der Waals surface area contributed by atoms with Gasteiger partial charge in [-0.15, -0.1) is 0 Å². The maximum atomic E-state index is 12.0. The number of rotatable bonds is 3. The largest absolute Gasteiger partial charge is 0.480 e. The number of carboxylic acid groups (broad SMARTS) is 1. The number of hydrogen-bond acceptors (Lipinski definition) is 3. The molecule has 0 aromatic heterocycles. The standard InChI is InChI=1S/C11H19NO4S/c1-2-17(15,16)12-9-6-4-3-5-8(9)7-10(12)11(13)14/h8-10H,2-7H2,1H3,(H,13,14). The second-order valence-corrected chi connectivity index (χ2v) is 7.09. The molecule has 1 aliphatic carbocycles. The first-order chi connectivity index (χ1) is 7.97. The number of carboxylic acids is 1. The summed E-state index contributed by atoms with van der Waals surface area (Å²) in [5.74, 6) is -0.775. The number of hydrogen-bond donors (Lipinski definition) is 1. The van der Waals surface area contributed by atoms with Gasteiger partial charge in [0.05, 0.1) is 5.75 Å². The Balaban J connectivity index is 2.33. The summed E-state index contributed by atoms with van der Waals surface area (Å²) in [4.78, 5) is 11.2. The molecule has 6 heteroatoms. The highest BCUT2D eigenvalue weighted by Gasteiger charge is 2.50. The van der Waals surface area contributed by atoms with Gasteiger partial charge in [0.15, 0.2) is 0 Å². The van der Waals surface area contributed by atoms with Crippen molar-refractivity contribution in [1.82, 2.24) is 4.31 Å². The van der Waals surface area contributed by atoms with Crippen molar-refractivity contribution in [2.75, 3.05) is 5.75 Å². The van der Waals surface area contributed by atoms with Crippen LogP contribution in [0.25, 0.3) is 0 Å². The van der Waals surface area contributed by atoms with Gasteiger partial charge < -0.3 is 5.11 Å². The van der Waals surface area contributed by atoms with Crippen molar-refractivity contribution in [2.24, 2.45) is 5.92 Å². The van der Waals surface area contributed by atoms with E-state index in [1.807, 2.05) is 0 Å². The van der Waals surface area contributed by atoms with Gasteiger partial charge in [-0.05, 0) is 32.1 Å². The highest BCUT2D eigenvalue weighted by atomic mass is 32.2. The predicted octanol–water partition coefficient (Wildman–Crippen LogP) is 1.05. The summed E-state index contributed by atoms with van der Waals surface area (Å²) in [5.41, 5.74) is 0. The van der Waals surface area contributed by atoms with Gasteiger partial charge in [-0.1, -0.05) is 12.8 Å². The maximum Gasteiger partial charge on any atom is 0.322 e. The molecule has 0 aromatic carbocycles. The Labute approximate surface area is 102 Å². The van der Waals surface area contributed by atoms with Crippen molar-refractivity contribution < 1.29 is 18.3 Å². The molecule has 3 unspecified atom stereocenters. The van der Waals surface area contributed by atoms with Crippen LogP contribution in [0, 0.1) is 5.92 Å².